The molecule has 0 fully saturated rings. The summed E-state index contributed by atoms with van der Waals surface area (Å²) in [6, 6.07) is 10.1. The van der Waals surface area contributed by atoms with Crippen molar-refractivity contribution >= 4 is 28.2 Å². The molecule has 0 spiro atoms. The minimum atomic E-state index is -0.374. The second-order valence-corrected chi connectivity index (χ2v) is 4.82. The average molecular weight is 272 g/mol. The lowest BCUT2D eigenvalue weighted by atomic mass is 10.2. The Hall–Kier alpha value is -2.14. The normalized spacial score (nSPS) is 10.8. The molecule has 0 saturated carbocycles. The smallest absolute Gasteiger partial charge is 0.357 e. The Bertz CT molecular complexity index is 730. The zero-order chi connectivity index (χ0) is 13.2. The number of esters is 1. The van der Waals surface area contributed by atoms with Crippen LogP contribution in [-0.2, 0) is 4.74 Å². The second kappa shape index (κ2) is 4.85. The largest absolute Gasteiger partial charge is 0.461 e. The lowest BCUT2D eigenvalue weighted by Crippen LogP contribution is -2.05. The van der Waals surface area contributed by atoms with E-state index in [1.807, 2.05) is 41.1 Å². The molecule has 19 heavy (non-hydrogen) atoms. The highest BCUT2D eigenvalue weighted by Crippen LogP contribution is 2.23. The zero-order valence-electron chi connectivity index (χ0n) is 10.4. The van der Waals surface area contributed by atoms with Gasteiger partial charge in [-0.3, -0.25) is 4.57 Å². The summed E-state index contributed by atoms with van der Waals surface area (Å²) in [5.41, 5.74) is 1.44. The number of benzene rings is 1. The average Bonchev–Trinajstić information content (AvgIpc) is 3.05. The van der Waals surface area contributed by atoms with Crippen LogP contribution in [0.15, 0.2) is 41.9 Å². The molecule has 2 aromatic heterocycles. The number of hydrogen-bond donors (Lipinski definition) is 0. The summed E-state index contributed by atoms with van der Waals surface area (Å²) in [5.74, 6) is -0.374. The molecule has 0 aliphatic heterocycles. The molecule has 0 amide bonds. The number of nitrogens with zero attached hydrogens (tertiary/aromatic N) is 2. The van der Waals surface area contributed by atoms with Crippen molar-refractivity contribution in [2.24, 2.45) is 0 Å². The van der Waals surface area contributed by atoms with Gasteiger partial charge in [0.1, 0.15) is 0 Å². The summed E-state index contributed by atoms with van der Waals surface area (Å²) in [7, 11) is 0. The highest BCUT2D eigenvalue weighted by Gasteiger charge is 2.13. The highest BCUT2D eigenvalue weighted by molar-refractivity contribution is 7.12. The summed E-state index contributed by atoms with van der Waals surface area (Å²) in [6.45, 7) is 2.14. The van der Waals surface area contributed by atoms with Crippen molar-refractivity contribution < 1.29 is 9.53 Å². The fourth-order valence-electron chi connectivity index (χ4n) is 1.92. The van der Waals surface area contributed by atoms with Gasteiger partial charge in [-0.2, -0.15) is 0 Å². The van der Waals surface area contributed by atoms with E-state index in [9.17, 15) is 4.79 Å². The molecule has 96 valence electrons. The molecule has 0 N–H and O–H groups in total. The number of ether oxygens (including phenoxy) is 1. The number of carbonyl (C=O) groups is 1. The van der Waals surface area contributed by atoms with Crippen molar-refractivity contribution in [2.75, 3.05) is 6.61 Å². The Kier molecular flexibility index (Phi) is 3.05. The minimum absolute atomic E-state index is 0.359. The summed E-state index contributed by atoms with van der Waals surface area (Å²) < 4.78 is 6.92. The third-order valence-electron chi connectivity index (χ3n) is 2.78. The van der Waals surface area contributed by atoms with Crippen LogP contribution in [0, 0.1) is 0 Å². The Morgan fingerprint density at radius 2 is 2.21 bits per heavy atom. The van der Waals surface area contributed by atoms with Gasteiger partial charge in [-0.25, -0.2) is 9.78 Å². The van der Waals surface area contributed by atoms with Crippen molar-refractivity contribution in [2.45, 2.75) is 6.92 Å². The SMILES string of the molecule is CCOC(=O)c1csc(-n2ccc3ccccc32)n1. The van der Waals surface area contributed by atoms with Gasteiger partial charge in [0.15, 0.2) is 10.8 Å². The molecule has 0 radical (unpaired) electrons. The Balaban J connectivity index is 2.01. The molecule has 0 unspecified atom stereocenters. The Morgan fingerprint density at radius 1 is 1.37 bits per heavy atom. The number of carbonyl (C=O) groups excluding carboxylic acids is 1. The van der Waals surface area contributed by atoms with Crippen LogP contribution in [0.2, 0.25) is 0 Å². The molecular formula is C14H12N2O2S. The third-order valence-corrected chi connectivity index (χ3v) is 3.62. The van der Waals surface area contributed by atoms with Crippen LogP contribution >= 0.6 is 11.3 Å². The van der Waals surface area contributed by atoms with Gasteiger partial charge >= 0.3 is 5.97 Å². The van der Waals surface area contributed by atoms with Gasteiger partial charge in [-0.05, 0) is 19.1 Å². The van der Waals surface area contributed by atoms with E-state index >= 15 is 0 Å². The molecule has 3 rings (SSSR count). The number of aromatic nitrogens is 2. The van der Waals surface area contributed by atoms with Crippen LogP contribution in [0.3, 0.4) is 0 Å². The van der Waals surface area contributed by atoms with Crippen LogP contribution in [-0.4, -0.2) is 22.1 Å². The van der Waals surface area contributed by atoms with E-state index in [0.717, 1.165) is 16.0 Å². The highest BCUT2D eigenvalue weighted by atomic mass is 32.1. The molecule has 0 atom stereocenters. The van der Waals surface area contributed by atoms with E-state index < -0.39 is 0 Å². The quantitative estimate of drug-likeness (QED) is 0.687. The predicted octanol–water partition coefficient (Wildman–Crippen LogP) is 3.26. The topological polar surface area (TPSA) is 44.1 Å². The zero-order valence-corrected chi connectivity index (χ0v) is 11.2. The molecule has 5 heteroatoms. The van der Waals surface area contributed by atoms with Crippen molar-refractivity contribution in [3.05, 3.63) is 47.6 Å². The van der Waals surface area contributed by atoms with E-state index in [1.165, 1.54) is 11.3 Å². The number of rotatable bonds is 3. The maximum atomic E-state index is 11.6. The van der Waals surface area contributed by atoms with Gasteiger partial charge in [0.05, 0.1) is 12.1 Å². The molecule has 0 aliphatic rings. The first-order chi connectivity index (χ1) is 9.29. The molecular weight excluding hydrogens is 260 g/mol. The van der Waals surface area contributed by atoms with Crippen molar-refractivity contribution in [3.63, 3.8) is 0 Å². The van der Waals surface area contributed by atoms with E-state index in [0.29, 0.717) is 12.3 Å². The first-order valence-corrected chi connectivity index (χ1v) is 6.86. The van der Waals surface area contributed by atoms with Crippen molar-refractivity contribution in [3.8, 4) is 5.13 Å². The van der Waals surface area contributed by atoms with Gasteiger partial charge in [0, 0.05) is 17.0 Å². The van der Waals surface area contributed by atoms with Crippen LogP contribution < -0.4 is 0 Å². The maximum Gasteiger partial charge on any atom is 0.357 e. The van der Waals surface area contributed by atoms with Crippen LogP contribution in [0.1, 0.15) is 17.4 Å². The fraction of sp³-hybridized carbons (Fsp3) is 0.143. The number of fused-ring (bicyclic) bond motifs is 1. The lowest BCUT2D eigenvalue weighted by Gasteiger charge is -2.00. The van der Waals surface area contributed by atoms with Crippen LogP contribution in [0.4, 0.5) is 0 Å². The van der Waals surface area contributed by atoms with Gasteiger partial charge < -0.3 is 4.74 Å². The maximum absolute atomic E-state index is 11.6. The Labute approximate surface area is 114 Å². The molecule has 0 bridgehead atoms. The number of hydrogen-bond acceptors (Lipinski definition) is 4. The standard InChI is InChI=1S/C14H12N2O2S/c1-2-18-13(17)11-9-19-14(15-11)16-8-7-10-5-3-4-6-12(10)16/h3-9H,2H2,1H3. The first kappa shape index (κ1) is 11.9. The number of para-hydroxylation sites is 1. The lowest BCUT2D eigenvalue weighted by molar-refractivity contribution is 0.0520. The van der Waals surface area contributed by atoms with Crippen molar-refractivity contribution in [1.82, 2.24) is 9.55 Å². The van der Waals surface area contributed by atoms with Gasteiger partial charge in [0.25, 0.3) is 0 Å². The van der Waals surface area contributed by atoms with Crippen LogP contribution in [0.25, 0.3) is 16.0 Å². The van der Waals surface area contributed by atoms with Crippen LogP contribution in [0.5, 0.6) is 0 Å². The third kappa shape index (κ3) is 2.13. The summed E-state index contributed by atoms with van der Waals surface area (Å²) >= 11 is 1.43. The molecule has 4 nitrogen and oxygen atoms in total. The fourth-order valence-corrected chi connectivity index (χ4v) is 2.71. The summed E-state index contributed by atoms with van der Waals surface area (Å²) in [6.07, 6.45) is 1.96. The first-order valence-electron chi connectivity index (χ1n) is 5.98. The number of thiazole rings is 1. The van der Waals surface area contributed by atoms with Gasteiger partial charge in [-0.15, -0.1) is 11.3 Å². The molecule has 2 heterocycles. The molecule has 0 saturated heterocycles. The van der Waals surface area contributed by atoms with Gasteiger partial charge in [-0.1, -0.05) is 18.2 Å². The van der Waals surface area contributed by atoms with E-state index in [1.54, 1.807) is 12.3 Å². The monoisotopic (exact) mass is 272 g/mol. The molecule has 3 aromatic rings. The summed E-state index contributed by atoms with van der Waals surface area (Å²) in [5, 5.41) is 3.64. The second-order valence-electron chi connectivity index (χ2n) is 3.98. The van der Waals surface area contributed by atoms with E-state index in [-0.39, 0.29) is 5.97 Å². The summed E-state index contributed by atoms with van der Waals surface area (Å²) in [4.78, 5) is 15.9. The Morgan fingerprint density at radius 3 is 3.05 bits per heavy atom. The predicted molar refractivity (Wildman–Crippen MR) is 74.9 cm³/mol. The van der Waals surface area contributed by atoms with Gasteiger partial charge in [0.2, 0.25) is 0 Å². The van der Waals surface area contributed by atoms with E-state index in [4.69, 9.17) is 4.74 Å². The molecule has 1 aromatic carbocycles. The molecule has 0 aliphatic carbocycles. The van der Waals surface area contributed by atoms with E-state index in [2.05, 4.69) is 4.98 Å². The van der Waals surface area contributed by atoms with Crippen molar-refractivity contribution in [1.29, 1.82) is 0 Å². The minimum Gasteiger partial charge on any atom is -0.461 e.